The van der Waals surface area contributed by atoms with Crippen LogP contribution in [0.4, 0.5) is 5.82 Å². The first kappa shape index (κ1) is 18.5. The third-order valence-electron chi connectivity index (χ3n) is 6.01. The summed E-state index contributed by atoms with van der Waals surface area (Å²) in [4.78, 5) is 41.5. The van der Waals surface area contributed by atoms with E-state index in [0.717, 1.165) is 17.8 Å². The summed E-state index contributed by atoms with van der Waals surface area (Å²) in [5.74, 6) is 0.828. The molecule has 28 heavy (non-hydrogen) atoms. The highest BCUT2D eigenvalue weighted by Gasteiger charge is 2.48. The van der Waals surface area contributed by atoms with Gasteiger partial charge in [0.25, 0.3) is 5.91 Å². The zero-order valence-electron chi connectivity index (χ0n) is 16.4. The van der Waals surface area contributed by atoms with E-state index >= 15 is 0 Å². The van der Waals surface area contributed by atoms with E-state index in [1.165, 1.54) is 0 Å². The average molecular weight is 382 g/mol. The normalized spacial score (nSPS) is 18.1. The van der Waals surface area contributed by atoms with Gasteiger partial charge >= 0.3 is 0 Å². The van der Waals surface area contributed by atoms with E-state index in [-0.39, 0.29) is 11.8 Å². The second-order valence-electron chi connectivity index (χ2n) is 7.38. The van der Waals surface area contributed by atoms with Gasteiger partial charge in [-0.2, -0.15) is 0 Å². The van der Waals surface area contributed by atoms with Crippen molar-refractivity contribution in [1.29, 1.82) is 0 Å². The molecule has 0 bridgehead atoms. The lowest BCUT2D eigenvalue weighted by molar-refractivity contribution is -0.141. The lowest BCUT2D eigenvalue weighted by Crippen LogP contribution is -2.58. The van der Waals surface area contributed by atoms with Gasteiger partial charge in [0, 0.05) is 57.0 Å². The van der Waals surface area contributed by atoms with Gasteiger partial charge in [-0.05, 0) is 25.0 Å². The molecule has 4 heterocycles. The highest BCUT2D eigenvalue weighted by Crippen LogP contribution is 2.42. The molecule has 2 N–H and O–H groups in total. The van der Waals surface area contributed by atoms with Crippen LogP contribution in [-0.2, 0) is 16.8 Å². The maximum atomic E-state index is 13.0. The van der Waals surface area contributed by atoms with E-state index in [2.05, 4.69) is 20.3 Å². The van der Waals surface area contributed by atoms with Crippen LogP contribution in [-0.4, -0.2) is 63.2 Å². The molecule has 0 aliphatic carbocycles. The lowest BCUT2D eigenvalue weighted by atomic mass is 9.78. The molecule has 148 valence electrons. The summed E-state index contributed by atoms with van der Waals surface area (Å²) in [6, 6.07) is 3.51. The van der Waals surface area contributed by atoms with Crippen LogP contribution in [0.2, 0.25) is 0 Å². The number of aromatic amines is 1. The summed E-state index contributed by atoms with van der Waals surface area (Å²) in [6.45, 7) is 3.79. The van der Waals surface area contributed by atoms with Crippen molar-refractivity contribution in [2.75, 3.05) is 32.0 Å². The minimum Gasteiger partial charge on any atom is -0.373 e. The zero-order chi connectivity index (χ0) is 19.7. The maximum absolute atomic E-state index is 13.0. The Morgan fingerprint density at radius 1 is 1.25 bits per heavy atom. The number of piperidine rings is 1. The Morgan fingerprint density at radius 2 is 2.04 bits per heavy atom. The molecule has 2 aromatic heterocycles. The van der Waals surface area contributed by atoms with E-state index in [0.29, 0.717) is 50.3 Å². The van der Waals surface area contributed by atoms with Crippen LogP contribution in [0.25, 0.3) is 0 Å². The standard InChI is InChI=1S/C20H26N6O2/c1-3-17(27)26-9-5-15-18(24-13-23-15)20(26)6-10-25(11-7-20)19(28)14-4-8-22-16(12-14)21-2/h4,8,12-13H,3,5-7,9-11H2,1-2H3,(H,21,22)(H,23,24). The van der Waals surface area contributed by atoms with Crippen molar-refractivity contribution >= 4 is 17.6 Å². The predicted molar refractivity (Wildman–Crippen MR) is 105 cm³/mol. The second-order valence-corrected chi connectivity index (χ2v) is 7.38. The van der Waals surface area contributed by atoms with Gasteiger partial charge in [0.2, 0.25) is 5.91 Å². The first-order valence-corrected chi connectivity index (χ1v) is 9.85. The molecule has 0 unspecified atom stereocenters. The molecular weight excluding hydrogens is 356 g/mol. The van der Waals surface area contributed by atoms with Gasteiger partial charge in [0.1, 0.15) is 5.82 Å². The van der Waals surface area contributed by atoms with Crippen molar-refractivity contribution < 1.29 is 9.59 Å². The Morgan fingerprint density at radius 3 is 2.75 bits per heavy atom. The van der Waals surface area contributed by atoms with Crippen LogP contribution in [0.15, 0.2) is 24.7 Å². The molecule has 0 saturated carbocycles. The number of nitrogens with zero attached hydrogens (tertiary/aromatic N) is 4. The number of fused-ring (bicyclic) bond motifs is 2. The van der Waals surface area contributed by atoms with Gasteiger partial charge in [0.15, 0.2) is 0 Å². The summed E-state index contributed by atoms with van der Waals surface area (Å²) in [6.07, 6.45) is 6.05. The molecule has 0 aromatic carbocycles. The maximum Gasteiger partial charge on any atom is 0.254 e. The number of rotatable bonds is 3. The summed E-state index contributed by atoms with van der Waals surface area (Å²) >= 11 is 0. The van der Waals surface area contributed by atoms with Crippen LogP contribution < -0.4 is 5.32 Å². The fourth-order valence-electron chi connectivity index (χ4n) is 4.50. The van der Waals surface area contributed by atoms with Crippen LogP contribution >= 0.6 is 0 Å². The number of hydrogen-bond donors (Lipinski definition) is 2. The number of pyridine rings is 1. The molecule has 1 fully saturated rings. The highest BCUT2D eigenvalue weighted by molar-refractivity contribution is 5.95. The molecule has 2 amide bonds. The van der Waals surface area contributed by atoms with Gasteiger partial charge in [-0.3, -0.25) is 9.59 Å². The van der Waals surface area contributed by atoms with Gasteiger partial charge in [0.05, 0.1) is 17.6 Å². The van der Waals surface area contributed by atoms with Crippen LogP contribution in [0, 0.1) is 0 Å². The number of anilines is 1. The summed E-state index contributed by atoms with van der Waals surface area (Å²) in [5, 5.41) is 2.97. The number of aromatic nitrogens is 3. The molecular formula is C20H26N6O2. The Bertz CT molecular complexity index is 884. The summed E-state index contributed by atoms with van der Waals surface area (Å²) in [7, 11) is 1.78. The topological polar surface area (TPSA) is 94.2 Å². The van der Waals surface area contributed by atoms with Crippen molar-refractivity contribution in [2.24, 2.45) is 0 Å². The number of carbonyl (C=O) groups excluding carboxylic acids is 2. The molecule has 4 rings (SSSR count). The number of carbonyl (C=O) groups is 2. The minimum atomic E-state index is -0.411. The Hall–Kier alpha value is -2.90. The van der Waals surface area contributed by atoms with Crippen molar-refractivity contribution in [3.63, 3.8) is 0 Å². The van der Waals surface area contributed by atoms with Crippen LogP contribution in [0.1, 0.15) is 47.9 Å². The fourth-order valence-corrected chi connectivity index (χ4v) is 4.50. The monoisotopic (exact) mass is 382 g/mol. The van der Waals surface area contributed by atoms with Gasteiger partial charge < -0.3 is 20.1 Å². The average Bonchev–Trinajstić information content (AvgIpc) is 3.24. The Kier molecular flexibility index (Phi) is 4.78. The molecule has 0 radical (unpaired) electrons. The van der Waals surface area contributed by atoms with E-state index in [1.807, 2.05) is 16.7 Å². The summed E-state index contributed by atoms with van der Waals surface area (Å²) in [5.41, 5.74) is 2.31. The molecule has 1 saturated heterocycles. The first-order chi connectivity index (χ1) is 13.6. The number of likely N-dealkylation sites (tertiary alicyclic amines) is 1. The minimum absolute atomic E-state index is 0.000166. The quantitative estimate of drug-likeness (QED) is 0.844. The fraction of sp³-hybridized carbons (Fsp3) is 0.500. The number of nitrogens with one attached hydrogen (secondary N) is 2. The largest absolute Gasteiger partial charge is 0.373 e. The number of hydrogen-bond acceptors (Lipinski definition) is 5. The third-order valence-corrected chi connectivity index (χ3v) is 6.01. The SMILES string of the molecule is CCC(=O)N1CCc2[nH]cnc2C12CCN(C(=O)c1ccnc(NC)c1)CC2. The van der Waals surface area contributed by atoms with Crippen LogP contribution in [0.3, 0.4) is 0 Å². The predicted octanol–water partition coefficient (Wildman–Crippen LogP) is 1.77. The lowest BCUT2D eigenvalue weighted by Gasteiger charge is -2.50. The van der Waals surface area contributed by atoms with Gasteiger partial charge in [-0.25, -0.2) is 9.97 Å². The van der Waals surface area contributed by atoms with Gasteiger partial charge in [-0.15, -0.1) is 0 Å². The third kappa shape index (κ3) is 2.93. The first-order valence-electron chi connectivity index (χ1n) is 9.85. The molecule has 8 heteroatoms. The van der Waals surface area contributed by atoms with E-state index in [4.69, 9.17) is 0 Å². The molecule has 2 aromatic rings. The molecule has 0 atom stereocenters. The van der Waals surface area contributed by atoms with Crippen molar-refractivity contribution in [2.45, 2.75) is 38.1 Å². The van der Waals surface area contributed by atoms with Crippen molar-refractivity contribution in [3.8, 4) is 0 Å². The van der Waals surface area contributed by atoms with E-state index < -0.39 is 5.54 Å². The van der Waals surface area contributed by atoms with Crippen LogP contribution in [0.5, 0.6) is 0 Å². The second kappa shape index (κ2) is 7.26. The molecule has 1 spiro atoms. The number of H-pyrrole nitrogens is 1. The molecule has 8 nitrogen and oxygen atoms in total. The zero-order valence-corrected chi connectivity index (χ0v) is 16.4. The smallest absolute Gasteiger partial charge is 0.254 e. The van der Waals surface area contributed by atoms with Crippen molar-refractivity contribution in [1.82, 2.24) is 24.8 Å². The molecule has 2 aliphatic heterocycles. The Balaban J connectivity index is 1.57. The van der Waals surface area contributed by atoms with Gasteiger partial charge in [-0.1, -0.05) is 6.92 Å². The Labute approximate surface area is 164 Å². The van der Waals surface area contributed by atoms with E-state index in [9.17, 15) is 9.59 Å². The number of imidazole rings is 1. The van der Waals surface area contributed by atoms with E-state index in [1.54, 1.807) is 31.7 Å². The highest BCUT2D eigenvalue weighted by atomic mass is 16.2. The summed E-state index contributed by atoms with van der Waals surface area (Å²) < 4.78 is 0. The van der Waals surface area contributed by atoms with Crippen molar-refractivity contribution in [3.05, 3.63) is 41.6 Å². The molecule has 2 aliphatic rings. The number of amides is 2.